The van der Waals surface area contributed by atoms with E-state index >= 15 is 0 Å². The van der Waals surface area contributed by atoms with E-state index in [4.69, 9.17) is 0 Å². The molecule has 100 valence electrons. The largest absolute Gasteiger partial charge is 0.354 e. The molecule has 0 radical (unpaired) electrons. The molecule has 0 aromatic heterocycles. The Balaban J connectivity index is 2.30. The molecule has 0 spiro atoms. The maximum atomic E-state index is 11.8. The van der Waals surface area contributed by atoms with Gasteiger partial charge in [-0.15, -0.1) is 0 Å². The molecule has 0 aromatic carbocycles. The molecular weight excluding hydrogens is 212 g/mol. The Hall–Kier alpha value is -0.570. The van der Waals surface area contributed by atoms with Gasteiger partial charge in [0.25, 0.3) is 0 Å². The SMILES string of the molecule is CCCC(C)C(=O)NCC1NCCCC1CC. The van der Waals surface area contributed by atoms with Gasteiger partial charge in [0.1, 0.15) is 0 Å². The first-order valence-electron chi connectivity index (χ1n) is 7.20. The Morgan fingerprint density at radius 3 is 2.88 bits per heavy atom. The summed E-state index contributed by atoms with van der Waals surface area (Å²) in [7, 11) is 0. The average molecular weight is 240 g/mol. The van der Waals surface area contributed by atoms with Gasteiger partial charge in [-0.25, -0.2) is 0 Å². The molecule has 1 aliphatic rings. The molecule has 0 saturated carbocycles. The van der Waals surface area contributed by atoms with Crippen LogP contribution in [0.25, 0.3) is 0 Å². The Morgan fingerprint density at radius 1 is 1.47 bits per heavy atom. The summed E-state index contributed by atoms with van der Waals surface area (Å²) >= 11 is 0. The van der Waals surface area contributed by atoms with Crippen molar-refractivity contribution in [2.24, 2.45) is 11.8 Å². The molecule has 0 aromatic rings. The molecule has 1 amide bonds. The molecule has 1 heterocycles. The highest BCUT2D eigenvalue weighted by Gasteiger charge is 2.23. The molecule has 3 atom stereocenters. The number of hydrogen-bond donors (Lipinski definition) is 2. The van der Waals surface area contributed by atoms with Crippen LogP contribution < -0.4 is 10.6 Å². The molecule has 1 saturated heterocycles. The summed E-state index contributed by atoms with van der Waals surface area (Å²) in [5.74, 6) is 1.10. The Labute approximate surface area is 106 Å². The molecule has 3 heteroatoms. The van der Waals surface area contributed by atoms with E-state index in [2.05, 4.69) is 24.5 Å². The van der Waals surface area contributed by atoms with E-state index in [1.54, 1.807) is 0 Å². The molecule has 1 fully saturated rings. The van der Waals surface area contributed by atoms with Crippen molar-refractivity contribution in [1.29, 1.82) is 0 Å². The van der Waals surface area contributed by atoms with Crippen LogP contribution in [0.3, 0.4) is 0 Å². The quantitative estimate of drug-likeness (QED) is 0.748. The topological polar surface area (TPSA) is 41.1 Å². The van der Waals surface area contributed by atoms with E-state index in [9.17, 15) is 4.79 Å². The highest BCUT2D eigenvalue weighted by Crippen LogP contribution is 2.19. The molecule has 0 aliphatic carbocycles. The molecule has 17 heavy (non-hydrogen) atoms. The van der Waals surface area contributed by atoms with Gasteiger partial charge in [0.15, 0.2) is 0 Å². The van der Waals surface area contributed by atoms with Crippen LogP contribution in [-0.2, 0) is 4.79 Å². The molecule has 1 rings (SSSR count). The van der Waals surface area contributed by atoms with Gasteiger partial charge in [-0.1, -0.05) is 33.6 Å². The van der Waals surface area contributed by atoms with Gasteiger partial charge in [-0.3, -0.25) is 4.79 Å². The third-order valence-electron chi connectivity index (χ3n) is 3.92. The fraction of sp³-hybridized carbons (Fsp3) is 0.929. The van der Waals surface area contributed by atoms with Crippen molar-refractivity contribution in [3.8, 4) is 0 Å². The summed E-state index contributed by atoms with van der Waals surface area (Å²) in [5.41, 5.74) is 0. The highest BCUT2D eigenvalue weighted by atomic mass is 16.1. The van der Waals surface area contributed by atoms with Crippen LogP contribution in [0.1, 0.15) is 52.9 Å². The van der Waals surface area contributed by atoms with Crippen molar-refractivity contribution in [1.82, 2.24) is 10.6 Å². The third kappa shape index (κ3) is 4.66. The monoisotopic (exact) mass is 240 g/mol. The number of rotatable bonds is 6. The minimum absolute atomic E-state index is 0.156. The van der Waals surface area contributed by atoms with Crippen molar-refractivity contribution in [3.05, 3.63) is 0 Å². The minimum Gasteiger partial charge on any atom is -0.354 e. The highest BCUT2D eigenvalue weighted by molar-refractivity contribution is 5.78. The van der Waals surface area contributed by atoms with Crippen molar-refractivity contribution >= 4 is 5.91 Å². The van der Waals surface area contributed by atoms with E-state index < -0.39 is 0 Å². The predicted octanol–water partition coefficient (Wildman–Crippen LogP) is 2.32. The van der Waals surface area contributed by atoms with Crippen molar-refractivity contribution in [3.63, 3.8) is 0 Å². The van der Waals surface area contributed by atoms with E-state index in [1.807, 2.05) is 6.92 Å². The zero-order chi connectivity index (χ0) is 12.7. The number of piperidine rings is 1. The van der Waals surface area contributed by atoms with Crippen LogP contribution in [0.2, 0.25) is 0 Å². The third-order valence-corrected chi connectivity index (χ3v) is 3.92. The average Bonchev–Trinajstić information content (AvgIpc) is 2.36. The first-order chi connectivity index (χ1) is 8.19. The summed E-state index contributed by atoms with van der Waals surface area (Å²) in [6.07, 6.45) is 5.84. The van der Waals surface area contributed by atoms with Crippen molar-refractivity contribution in [2.45, 2.75) is 58.9 Å². The number of amides is 1. The van der Waals surface area contributed by atoms with Gasteiger partial charge in [-0.05, 0) is 31.7 Å². The Morgan fingerprint density at radius 2 is 2.24 bits per heavy atom. The molecule has 3 unspecified atom stereocenters. The lowest BCUT2D eigenvalue weighted by Crippen LogP contribution is -2.49. The lowest BCUT2D eigenvalue weighted by Gasteiger charge is -2.32. The van der Waals surface area contributed by atoms with Crippen LogP contribution in [-0.4, -0.2) is 25.0 Å². The van der Waals surface area contributed by atoms with E-state index in [0.717, 1.165) is 31.8 Å². The van der Waals surface area contributed by atoms with Crippen molar-refractivity contribution in [2.75, 3.05) is 13.1 Å². The fourth-order valence-corrected chi connectivity index (χ4v) is 2.70. The fourth-order valence-electron chi connectivity index (χ4n) is 2.70. The van der Waals surface area contributed by atoms with Crippen LogP contribution in [0.4, 0.5) is 0 Å². The molecular formula is C14H28N2O. The predicted molar refractivity (Wildman–Crippen MR) is 71.9 cm³/mol. The number of hydrogen-bond acceptors (Lipinski definition) is 2. The van der Waals surface area contributed by atoms with Gasteiger partial charge >= 0.3 is 0 Å². The molecule has 0 bridgehead atoms. The zero-order valence-electron chi connectivity index (χ0n) is 11.6. The number of carbonyl (C=O) groups is 1. The molecule has 1 aliphatic heterocycles. The first kappa shape index (κ1) is 14.5. The standard InChI is InChI=1S/C14H28N2O/c1-4-7-11(3)14(17)16-10-13-12(5-2)8-6-9-15-13/h11-13,15H,4-10H2,1-3H3,(H,16,17). The second-order valence-electron chi connectivity index (χ2n) is 5.31. The van der Waals surface area contributed by atoms with Gasteiger partial charge in [0.05, 0.1) is 0 Å². The Kier molecular flexibility index (Phi) is 6.56. The minimum atomic E-state index is 0.156. The summed E-state index contributed by atoms with van der Waals surface area (Å²) < 4.78 is 0. The van der Waals surface area contributed by atoms with Crippen molar-refractivity contribution < 1.29 is 4.79 Å². The smallest absolute Gasteiger partial charge is 0.222 e. The van der Waals surface area contributed by atoms with Crippen LogP contribution >= 0.6 is 0 Å². The maximum Gasteiger partial charge on any atom is 0.222 e. The zero-order valence-corrected chi connectivity index (χ0v) is 11.6. The maximum absolute atomic E-state index is 11.8. The molecule has 3 nitrogen and oxygen atoms in total. The normalized spacial score (nSPS) is 26.5. The summed E-state index contributed by atoms with van der Waals surface area (Å²) in [6.45, 7) is 8.28. The van der Waals surface area contributed by atoms with Crippen LogP contribution in [0.5, 0.6) is 0 Å². The van der Waals surface area contributed by atoms with Gasteiger partial charge in [0, 0.05) is 18.5 Å². The second-order valence-corrected chi connectivity index (χ2v) is 5.31. The van der Waals surface area contributed by atoms with E-state index in [0.29, 0.717) is 6.04 Å². The van der Waals surface area contributed by atoms with Gasteiger partial charge < -0.3 is 10.6 Å². The second kappa shape index (κ2) is 7.70. The lowest BCUT2D eigenvalue weighted by atomic mass is 9.88. The van der Waals surface area contributed by atoms with E-state index in [1.165, 1.54) is 19.3 Å². The summed E-state index contributed by atoms with van der Waals surface area (Å²) in [6, 6.07) is 0.478. The summed E-state index contributed by atoms with van der Waals surface area (Å²) in [5, 5.41) is 6.63. The van der Waals surface area contributed by atoms with Crippen LogP contribution in [0.15, 0.2) is 0 Å². The van der Waals surface area contributed by atoms with Gasteiger partial charge in [-0.2, -0.15) is 0 Å². The molecule has 2 N–H and O–H groups in total. The lowest BCUT2D eigenvalue weighted by molar-refractivity contribution is -0.124. The van der Waals surface area contributed by atoms with Crippen LogP contribution in [0, 0.1) is 11.8 Å². The number of nitrogens with one attached hydrogen (secondary N) is 2. The first-order valence-corrected chi connectivity index (χ1v) is 7.20. The van der Waals surface area contributed by atoms with E-state index in [-0.39, 0.29) is 11.8 Å². The van der Waals surface area contributed by atoms with Gasteiger partial charge in [0.2, 0.25) is 5.91 Å². The summed E-state index contributed by atoms with van der Waals surface area (Å²) in [4.78, 5) is 11.8. The number of carbonyl (C=O) groups excluding carboxylic acids is 1. The Bertz CT molecular complexity index is 230.